The first-order valence-electron chi connectivity index (χ1n) is 6.68. The molecule has 0 aliphatic carbocycles. The largest absolute Gasteiger partial charge is 0.467 e. The predicted molar refractivity (Wildman–Crippen MR) is 81.8 cm³/mol. The van der Waals surface area contributed by atoms with Crippen LogP contribution in [0.25, 0.3) is 0 Å². The number of nitrogens with one attached hydrogen (secondary N) is 2. The summed E-state index contributed by atoms with van der Waals surface area (Å²) in [6, 6.07) is 3.48. The third-order valence-electron chi connectivity index (χ3n) is 2.96. The molecule has 0 aliphatic rings. The van der Waals surface area contributed by atoms with Gasteiger partial charge in [0.1, 0.15) is 16.3 Å². The third-order valence-corrected chi connectivity index (χ3v) is 3.92. The lowest BCUT2D eigenvalue weighted by atomic mass is 10.2. The van der Waals surface area contributed by atoms with Crippen LogP contribution < -0.4 is 10.6 Å². The van der Waals surface area contributed by atoms with Gasteiger partial charge in [0.25, 0.3) is 5.91 Å². The number of ether oxygens (including phenoxy) is 1. The maximum atomic E-state index is 12.2. The Labute approximate surface area is 131 Å². The highest BCUT2D eigenvalue weighted by molar-refractivity contribution is 7.10. The zero-order valence-corrected chi connectivity index (χ0v) is 13.3. The minimum atomic E-state index is -0.911. The molecule has 2 aromatic rings. The molecule has 2 rings (SSSR count). The van der Waals surface area contributed by atoms with Crippen molar-refractivity contribution in [3.63, 3.8) is 0 Å². The number of aromatic nitrogens is 1. The van der Waals surface area contributed by atoms with Gasteiger partial charge in [-0.15, -0.1) is 0 Å². The molecule has 1 atom stereocenters. The molecule has 118 valence electrons. The van der Waals surface area contributed by atoms with Crippen molar-refractivity contribution in [2.75, 3.05) is 12.4 Å². The Hall–Kier alpha value is -2.35. The van der Waals surface area contributed by atoms with E-state index >= 15 is 0 Å². The average molecular weight is 323 g/mol. The van der Waals surface area contributed by atoms with Crippen molar-refractivity contribution in [2.45, 2.75) is 26.5 Å². The van der Waals surface area contributed by atoms with Crippen LogP contribution in [-0.2, 0) is 16.1 Å². The van der Waals surface area contributed by atoms with E-state index in [-0.39, 0.29) is 6.54 Å². The van der Waals surface area contributed by atoms with E-state index in [4.69, 9.17) is 9.15 Å². The van der Waals surface area contributed by atoms with E-state index in [1.165, 1.54) is 24.7 Å². The van der Waals surface area contributed by atoms with E-state index in [1.54, 1.807) is 26.1 Å². The standard InChI is InChI=1S/C14H17N3O4S/c1-8-11(13(15-3)22-17-8)14(19)21-9(2)12(18)16-7-10-5-4-6-20-10/h4-6,9,15H,7H2,1-3H3,(H,16,18). The number of furan rings is 1. The summed E-state index contributed by atoms with van der Waals surface area (Å²) in [5.74, 6) is -0.338. The van der Waals surface area contributed by atoms with Gasteiger partial charge >= 0.3 is 5.97 Å². The molecule has 2 N–H and O–H groups in total. The van der Waals surface area contributed by atoms with Crippen LogP contribution in [0.3, 0.4) is 0 Å². The molecule has 0 radical (unpaired) electrons. The lowest BCUT2D eigenvalue weighted by Crippen LogP contribution is -2.35. The zero-order valence-electron chi connectivity index (χ0n) is 12.5. The van der Waals surface area contributed by atoms with Gasteiger partial charge < -0.3 is 19.8 Å². The van der Waals surface area contributed by atoms with Crippen LogP contribution >= 0.6 is 11.5 Å². The van der Waals surface area contributed by atoms with E-state index in [1.807, 2.05) is 0 Å². The Morgan fingerprint density at radius 2 is 2.27 bits per heavy atom. The molecule has 0 fully saturated rings. The maximum absolute atomic E-state index is 12.2. The molecule has 2 aromatic heterocycles. The summed E-state index contributed by atoms with van der Waals surface area (Å²) >= 11 is 1.17. The van der Waals surface area contributed by atoms with Gasteiger partial charge in [-0.1, -0.05) is 0 Å². The fraction of sp³-hybridized carbons (Fsp3) is 0.357. The van der Waals surface area contributed by atoms with Crippen LogP contribution in [0.1, 0.15) is 28.7 Å². The fourth-order valence-electron chi connectivity index (χ4n) is 1.78. The van der Waals surface area contributed by atoms with Gasteiger partial charge in [0, 0.05) is 7.05 Å². The first kappa shape index (κ1) is 16.0. The Bertz CT molecular complexity index is 651. The van der Waals surface area contributed by atoms with E-state index in [0.717, 1.165) is 0 Å². The van der Waals surface area contributed by atoms with E-state index in [2.05, 4.69) is 15.0 Å². The molecule has 22 heavy (non-hydrogen) atoms. The number of hydrogen-bond acceptors (Lipinski definition) is 7. The Balaban J connectivity index is 1.92. The van der Waals surface area contributed by atoms with Crippen molar-refractivity contribution in [2.24, 2.45) is 0 Å². The molecule has 0 saturated heterocycles. The number of aryl methyl sites for hydroxylation is 1. The van der Waals surface area contributed by atoms with Crippen LogP contribution in [0.2, 0.25) is 0 Å². The van der Waals surface area contributed by atoms with Crippen molar-refractivity contribution >= 4 is 28.4 Å². The fourth-order valence-corrected chi connectivity index (χ4v) is 2.52. The smallest absolute Gasteiger partial charge is 0.343 e. The zero-order chi connectivity index (χ0) is 16.1. The van der Waals surface area contributed by atoms with Crippen molar-refractivity contribution in [3.05, 3.63) is 35.4 Å². The van der Waals surface area contributed by atoms with Gasteiger partial charge in [0.15, 0.2) is 6.10 Å². The second-order valence-corrected chi connectivity index (χ2v) is 5.34. The topological polar surface area (TPSA) is 93.5 Å². The number of amides is 1. The highest BCUT2D eigenvalue weighted by Gasteiger charge is 2.24. The average Bonchev–Trinajstić information content (AvgIpc) is 3.13. The van der Waals surface area contributed by atoms with Gasteiger partial charge in [-0.05, 0) is 37.5 Å². The number of anilines is 1. The summed E-state index contributed by atoms with van der Waals surface area (Å²) in [7, 11) is 1.70. The summed E-state index contributed by atoms with van der Waals surface area (Å²) in [5, 5.41) is 6.14. The van der Waals surface area contributed by atoms with Crippen molar-refractivity contribution in [3.8, 4) is 0 Å². The number of carbonyl (C=O) groups is 2. The lowest BCUT2D eigenvalue weighted by Gasteiger charge is -2.13. The normalized spacial score (nSPS) is 11.8. The number of nitrogens with zero attached hydrogens (tertiary/aromatic N) is 1. The molecule has 1 amide bonds. The second kappa shape index (κ2) is 7.08. The molecular weight excluding hydrogens is 306 g/mol. The first-order valence-corrected chi connectivity index (χ1v) is 7.45. The number of carbonyl (C=O) groups excluding carboxylic acids is 2. The summed E-state index contributed by atoms with van der Waals surface area (Å²) in [4.78, 5) is 24.1. The minimum Gasteiger partial charge on any atom is -0.467 e. The monoisotopic (exact) mass is 323 g/mol. The van der Waals surface area contributed by atoms with Crippen molar-refractivity contribution < 1.29 is 18.7 Å². The SMILES string of the molecule is CNc1snc(C)c1C(=O)OC(C)C(=O)NCc1ccco1. The van der Waals surface area contributed by atoms with Crippen molar-refractivity contribution in [1.29, 1.82) is 0 Å². The van der Waals surface area contributed by atoms with E-state index < -0.39 is 18.0 Å². The van der Waals surface area contributed by atoms with Crippen molar-refractivity contribution in [1.82, 2.24) is 9.69 Å². The van der Waals surface area contributed by atoms with Gasteiger partial charge in [-0.25, -0.2) is 4.79 Å². The molecule has 1 unspecified atom stereocenters. The number of rotatable bonds is 6. The second-order valence-electron chi connectivity index (χ2n) is 4.57. The van der Waals surface area contributed by atoms with Crippen LogP contribution in [0.4, 0.5) is 5.00 Å². The lowest BCUT2D eigenvalue weighted by molar-refractivity contribution is -0.129. The highest BCUT2D eigenvalue weighted by atomic mass is 32.1. The number of hydrogen-bond donors (Lipinski definition) is 2. The summed E-state index contributed by atoms with van der Waals surface area (Å²) in [5.41, 5.74) is 0.931. The van der Waals surface area contributed by atoms with Crippen LogP contribution in [0.5, 0.6) is 0 Å². The predicted octanol–water partition coefficient (Wildman–Crippen LogP) is 1.95. The minimum absolute atomic E-state index is 0.245. The van der Waals surface area contributed by atoms with E-state index in [9.17, 15) is 9.59 Å². The Morgan fingerprint density at radius 3 is 2.91 bits per heavy atom. The third kappa shape index (κ3) is 3.64. The van der Waals surface area contributed by atoms with Gasteiger partial charge in [-0.2, -0.15) is 4.37 Å². The molecule has 8 heteroatoms. The molecule has 0 bridgehead atoms. The summed E-state index contributed by atoms with van der Waals surface area (Å²) in [6.07, 6.45) is 0.614. The molecule has 0 spiro atoms. The van der Waals surface area contributed by atoms with Gasteiger partial charge in [-0.3, -0.25) is 4.79 Å². The van der Waals surface area contributed by atoms with Crippen LogP contribution in [0.15, 0.2) is 22.8 Å². The highest BCUT2D eigenvalue weighted by Crippen LogP contribution is 2.24. The quantitative estimate of drug-likeness (QED) is 0.789. The Kier molecular flexibility index (Phi) is 5.16. The first-order chi connectivity index (χ1) is 10.5. The molecule has 0 aliphatic heterocycles. The molecule has 7 nitrogen and oxygen atoms in total. The molecule has 2 heterocycles. The van der Waals surface area contributed by atoms with Crippen LogP contribution in [-0.4, -0.2) is 29.4 Å². The summed E-state index contributed by atoms with van der Waals surface area (Å²) in [6.45, 7) is 3.48. The number of esters is 1. The van der Waals surface area contributed by atoms with Gasteiger partial charge in [0.2, 0.25) is 0 Å². The van der Waals surface area contributed by atoms with Crippen LogP contribution in [0, 0.1) is 6.92 Å². The molecule has 0 aromatic carbocycles. The van der Waals surface area contributed by atoms with Gasteiger partial charge in [0.05, 0.1) is 18.5 Å². The Morgan fingerprint density at radius 1 is 1.50 bits per heavy atom. The molecular formula is C14H17N3O4S. The maximum Gasteiger partial charge on any atom is 0.343 e. The summed E-state index contributed by atoms with van der Waals surface area (Å²) < 4.78 is 14.4. The molecule has 0 saturated carbocycles. The van der Waals surface area contributed by atoms with E-state index in [0.29, 0.717) is 22.0 Å².